The zero-order valence-corrected chi connectivity index (χ0v) is 10.8. The summed E-state index contributed by atoms with van der Waals surface area (Å²) < 4.78 is 0. The highest BCUT2D eigenvalue weighted by atomic mass is 35.5. The van der Waals surface area contributed by atoms with Crippen molar-refractivity contribution in [3.63, 3.8) is 0 Å². The van der Waals surface area contributed by atoms with Crippen molar-refractivity contribution in [2.24, 2.45) is 0 Å². The van der Waals surface area contributed by atoms with Crippen LogP contribution in [0.3, 0.4) is 0 Å². The van der Waals surface area contributed by atoms with Gasteiger partial charge in [0.2, 0.25) is 0 Å². The minimum absolute atomic E-state index is 0. The molecule has 0 atom stereocenters. The highest BCUT2D eigenvalue weighted by Gasteiger charge is 2.10. The van der Waals surface area contributed by atoms with Crippen LogP contribution in [0.25, 0.3) is 0 Å². The van der Waals surface area contributed by atoms with E-state index in [0.717, 1.165) is 6.54 Å². The van der Waals surface area contributed by atoms with Crippen LogP contribution < -0.4 is 5.32 Å². The Kier molecular flexibility index (Phi) is 10.1. The first-order valence-corrected chi connectivity index (χ1v) is 8.47. The van der Waals surface area contributed by atoms with Crippen LogP contribution in [0.2, 0.25) is 25.7 Å². The zero-order valence-electron chi connectivity index (χ0n) is 8.94. The second-order valence-corrected chi connectivity index (χ2v) is 9.99. The van der Waals surface area contributed by atoms with Gasteiger partial charge >= 0.3 is 0 Å². The van der Waals surface area contributed by atoms with Crippen molar-refractivity contribution in [3.8, 4) is 0 Å². The Morgan fingerprint density at radius 3 is 2.08 bits per heavy atom. The van der Waals surface area contributed by atoms with E-state index in [9.17, 15) is 0 Å². The standard InChI is InChI=1S/C9H23NSi.ClH/c1-5-10-8-6-7-9-11(2,3)4;/h10H,5-9H2,1-4H3;1H. The van der Waals surface area contributed by atoms with Crippen LogP contribution in [-0.2, 0) is 0 Å². The summed E-state index contributed by atoms with van der Waals surface area (Å²) in [7, 11) is -0.745. The van der Waals surface area contributed by atoms with Crippen molar-refractivity contribution in [1.82, 2.24) is 5.32 Å². The average molecular weight is 210 g/mol. The molecule has 0 rings (SSSR count). The topological polar surface area (TPSA) is 12.0 Å². The third-order valence-corrected chi connectivity index (χ3v) is 3.63. The second kappa shape index (κ2) is 8.08. The molecule has 0 aromatic carbocycles. The van der Waals surface area contributed by atoms with Crippen LogP contribution in [0.15, 0.2) is 0 Å². The van der Waals surface area contributed by atoms with Gasteiger partial charge in [0.05, 0.1) is 0 Å². The maximum atomic E-state index is 3.35. The summed E-state index contributed by atoms with van der Waals surface area (Å²) in [4.78, 5) is 0. The van der Waals surface area contributed by atoms with Crippen LogP contribution in [0.4, 0.5) is 0 Å². The first-order chi connectivity index (χ1) is 5.06. The summed E-state index contributed by atoms with van der Waals surface area (Å²) in [6.45, 7) is 11.8. The molecule has 0 radical (unpaired) electrons. The molecule has 0 amide bonds. The van der Waals surface area contributed by atoms with Crippen molar-refractivity contribution in [1.29, 1.82) is 0 Å². The summed E-state index contributed by atoms with van der Waals surface area (Å²) in [5, 5.41) is 3.35. The molecule has 0 fully saturated rings. The van der Waals surface area contributed by atoms with E-state index in [1.54, 1.807) is 0 Å². The van der Waals surface area contributed by atoms with E-state index in [4.69, 9.17) is 0 Å². The number of nitrogens with one attached hydrogen (secondary N) is 1. The van der Waals surface area contributed by atoms with Crippen molar-refractivity contribution >= 4 is 20.5 Å². The lowest BCUT2D eigenvalue weighted by atomic mass is 10.3. The molecular formula is C9H24ClNSi. The monoisotopic (exact) mass is 209 g/mol. The van der Waals surface area contributed by atoms with Gasteiger partial charge in [0.15, 0.2) is 0 Å². The Labute approximate surface area is 84.7 Å². The molecule has 3 heteroatoms. The van der Waals surface area contributed by atoms with E-state index in [1.807, 2.05) is 0 Å². The van der Waals surface area contributed by atoms with Crippen molar-refractivity contribution in [3.05, 3.63) is 0 Å². The van der Waals surface area contributed by atoms with E-state index in [0.29, 0.717) is 0 Å². The van der Waals surface area contributed by atoms with Crippen molar-refractivity contribution in [2.75, 3.05) is 13.1 Å². The molecule has 0 heterocycles. The number of unbranched alkanes of at least 4 members (excludes halogenated alkanes) is 1. The number of halogens is 1. The Morgan fingerprint density at radius 2 is 1.67 bits per heavy atom. The van der Waals surface area contributed by atoms with Crippen LogP contribution >= 0.6 is 12.4 Å². The van der Waals surface area contributed by atoms with Gasteiger partial charge in [0, 0.05) is 8.07 Å². The fourth-order valence-corrected chi connectivity index (χ4v) is 2.39. The molecule has 0 aromatic rings. The van der Waals surface area contributed by atoms with Gasteiger partial charge in [0.1, 0.15) is 0 Å². The van der Waals surface area contributed by atoms with Crippen molar-refractivity contribution in [2.45, 2.75) is 45.5 Å². The predicted molar refractivity (Wildman–Crippen MR) is 63.2 cm³/mol. The number of rotatable bonds is 6. The van der Waals surface area contributed by atoms with Gasteiger partial charge in [-0.25, -0.2) is 0 Å². The van der Waals surface area contributed by atoms with E-state index in [1.165, 1.54) is 25.4 Å². The fourth-order valence-electron chi connectivity index (χ4n) is 1.08. The van der Waals surface area contributed by atoms with Gasteiger partial charge in [-0.2, -0.15) is 0 Å². The minimum atomic E-state index is -0.745. The first kappa shape index (κ1) is 15.0. The molecule has 1 nitrogen and oxygen atoms in total. The summed E-state index contributed by atoms with van der Waals surface area (Å²) >= 11 is 0. The molecule has 0 spiro atoms. The van der Waals surface area contributed by atoms with Gasteiger partial charge in [-0.1, -0.05) is 39.0 Å². The van der Waals surface area contributed by atoms with E-state index < -0.39 is 8.07 Å². The molecule has 12 heavy (non-hydrogen) atoms. The van der Waals surface area contributed by atoms with E-state index in [-0.39, 0.29) is 12.4 Å². The highest BCUT2D eigenvalue weighted by molar-refractivity contribution is 6.76. The third kappa shape index (κ3) is 13.1. The smallest absolute Gasteiger partial charge is 0.0442 e. The maximum Gasteiger partial charge on any atom is 0.0442 e. The molecule has 0 unspecified atom stereocenters. The molecule has 0 aliphatic rings. The van der Waals surface area contributed by atoms with E-state index >= 15 is 0 Å². The first-order valence-electron chi connectivity index (χ1n) is 4.77. The summed E-state index contributed by atoms with van der Waals surface area (Å²) in [5.74, 6) is 0. The van der Waals surface area contributed by atoms with Crippen molar-refractivity contribution < 1.29 is 0 Å². The zero-order chi connectivity index (χ0) is 8.74. The Balaban J connectivity index is 0. The Hall–Kier alpha value is 0.467. The molecule has 0 aliphatic heterocycles. The molecule has 0 saturated heterocycles. The van der Waals surface area contributed by atoms with Gasteiger partial charge < -0.3 is 5.32 Å². The lowest BCUT2D eigenvalue weighted by molar-refractivity contribution is 0.660. The second-order valence-electron chi connectivity index (χ2n) is 4.37. The Morgan fingerprint density at radius 1 is 1.08 bits per heavy atom. The van der Waals surface area contributed by atoms with Crippen LogP contribution in [-0.4, -0.2) is 21.2 Å². The highest BCUT2D eigenvalue weighted by Crippen LogP contribution is 2.11. The maximum absolute atomic E-state index is 3.35. The molecule has 0 aromatic heterocycles. The average Bonchev–Trinajstić information content (AvgIpc) is 1.85. The summed E-state index contributed by atoms with van der Waals surface area (Å²) in [6.07, 6.45) is 2.78. The third-order valence-electron chi connectivity index (χ3n) is 1.78. The molecule has 1 N–H and O–H groups in total. The van der Waals surface area contributed by atoms with Gasteiger partial charge in [-0.3, -0.25) is 0 Å². The molecule has 76 valence electrons. The van der Waals surface area contributed by atoms with Gasteiger partial charge in [-0.15, -0.1) is 12.4 Å². The van der Waals surface area contributed by atoms with Crippen LogP contribution in [0.5, 0.6) is 0 Å². The summed E-state index contributed by atoms with van der Waals surface area (Å²) in [6, 6.07) is 1.48. The largest absolute Gasteiger partial charge is 0.317 e. The SMILES string of the molecule is CCNCCCC[Si](C)(C)C.Cl. The lowest BCUT2D eigenvalue weighted by Gasteiger charge is -2.14. The molecule has 0 aliphatic carbocycles. The summed E-state index contributed by atoms with van der Waals surface area (Å²) in [5.41, 5.74) is 0. The van der Waals surface area contributed by atoms with Gasteiger partial charge in [-0.05, 0) is 19.5 Å². The normalized spacial score (nSPS) is 11.0. The molecule has 0 bridgehead atoms. The van der Waals surface area contributed by atoms with Crippen LogP contribution in [0, 0.1) is 0 Å². The number of hydrogen-bond donors (Lipinski definition) is 1. The van der Waals surface area contributed by atoms with E-state index in [2.05, 4.69) is 31.9 Å². The van der Waals surface area contributed by atoms with Crippen LogP contribution in [0.1, 0.15) is 19.8 Å². The minimum Gasteiger partial charge on any atom is -0.317 e. The predicted octanol–water partition coefficient (Wildman–Crippen LogP) is 3.14. The lowest BCUT2D eigenvalue weighted by Crippen LogP contribution is -2.20. The molecule has 0 saturated carbocycles. The number of hydrogen-bond acceptors (Lipinski definition) is 1. The Bertz CT molecular complexity index is 91.0. The van der Waals surface area contributed by atoms with Gasteiger partial charge in [0.25, 0.3) is 0 Å². The fraction of sp³-hybridized carbons (Fsp3) is 1.00. The molecular weight excluding hydrogens is 186 g/mol. The quantitative estimate of drug-likeness (QED) is 0.524.